The first-order valence-corrected chi connectivity index (χ1v) is 8.61. The van der Waals surface area contributed by atoms with E-state index in [9.17, 15) is 0 Å². The first-order valence-electron chi connectivity index (χ1n) is 8.61. The molecule has 4 nitrogen and oxygen atoms in total. The molecule has 0 amide bonds. The van der Waals surface area contributed by atoms with Crippen LogP contribution in [0.15, 0.2) is 41.4 Å². The van der Waals surface area contributed by atoms with Gasteiger partial charge in [-0.2, -0.15) is 0 Å². The van der Waals surface area contributed by atoms with E-state index >= 15 is 0 Å². The molecule has 3 rings (SSSR count). The molecule has 0 radical (unpaired) electrons. The highest BCUT2D eigenvalue weighted by atomic mass is 16.5. The monoisotopic (exact) mass is 313 g/mol. The Bertz CT molecular complexity index is 582. The van der Waals surface area contributed by atoms with Crippen LogP contribution in [0.4, 0.5) is 0 Å². The Kier molecular flexibility index (Phi) is 4.89. The summed E-state index contributed by atoms with van der Waals surface area (Å²) in [5, 5.41) is 6.91. The fourth-order valence-electron chi connectivity index (χ4n) is 3.23. The highest BCUT2D eigenvalue weighted by Gasteiger charge is 2.46. The van der Waals surface area contributed by atoms with Crippen LogP contribution >= 0.6 is 0 Å². The van der Waals surface area contributed by atoms with E-state index in [2.05, 4.69) is 41.8 Å². The molecular formula is C19H27N3O. The first kappa shape index (κ1) is 15.9. The molecule has 0 saturated heterocycles. The van der Waals surface area contributed by atoms with Gasteiger partial charge in [0.15, 0.2) is 5.96 Å². The summed E-state index contributed by atoms with van der Waals surface area (Å²) in [7, 11) is 1.75. The number of nitrogens with zero attached hydrogens (tertiary/aromatic N) is 1. The molecule has 0 atom stereocenters. The molecule has 0 bridgehead atoms. The summed E-state index contributed by atoms with van der Waals surface area (Å²) in [5.74, 6) is 1.92. The SMILES string of the molecule is CCNC(=NCC1(c2ccccc2OC)CC1)NC1CC=CC1. The number of hydrogen-bond acceptors (Lipinski definition) is 2. The van der Waals surface area contributed by atoms with E-state index in [0.717, 1.165) is 37.6 Å². The summed E-state index contributed by atoms with van der Waals surface area (Å²) in [6, 6.07) is 8.83. The Morgan fingerprint density at radius 2 is 2.00 bits per heavy atom. The summed E-state index contributed by atoms with van der Waals surface area (Å²) in [4.78, 5) is 4.87. The van der Waals surface area contributed by atoms with E-state index in [0.29, 0.717) is 6.04 Å². The molecule has 0 aromatic heterocycles. The van der Waals surface area contributed by atoms with Gasteiger partial charge in [0.1, 0.15) is 5.75 Å². The molecule has 124 valence electrons. The van der Waals surface area contributed by atoms with E-state index in [1.165, 1.54) is 18.4 Å². The van der Waals surface area contributed by atoms with Gasteiger partial charge in [0.05, 0.1) is 13.7 Å². The van der Waals surface area contributed by atoms with E-state index in [1.807, 2.05) is 12.1 Å². The molecule has 2 N–H and O–H groups in total. The summed E-state index contributed by atoms with van der Waals surface area (Å²) < 4.78 is 5.55. The minimum atomic E-state index is 0.156. The molecule has 0 aliphatic heterocycles. The average molecular weight is 313 g/mol. The van der Waals surface area contributed by atoms with Crippen LogP contribution in [0.25, 0.3) is 0 Å². The average Bonchev–Trinajstić information content (AvgIpc) is 3.20. The second kappa shape index (κ2) is 7.07. The summed E-state index contributed by atoms with van der Waals surface area (Å²) in [5.41, 5.74) is 1.45. The molecule has 1 fully saturated rings. The Balaban J connectivity index is 1.70. The molecule has 1 aromatic carbocycles. The van der Waals surface area contributed by atoms with Gasteiger partial charge in [-0.05, 0) is 38.7 Å². The quantitative estimate of drug-likeness (QED) is 0.482. The number of hydrogen-bond donors (Lipinski definition) is 2. The summed E-state index contributed by atoms with van der Waals surface area (Å²) in [6.07, 6.45) is 9.00. The van der Waals surface area contributed by atoms with Crippen molar-refractivity contribution in [2.75, 3.05) is 20.2 Å². The third kappa shape index (κ3) is 3.69. The van der Waals surface area contributed by atoms with E-state index in [1.54, 1.807) is 7.11 Å². The molecule has 2 aliphatic carbocycles. The van der Waals surface area contributed by atoms with Crippen LogP contribution in [0, 0.1) is 0 Å². The largest absolute Gasteiger partial charge is 0.496 e. The van der Waals surface area contributed by atoms with Crippen molar-refractivity contribution < 1.29 is 4.74 Å². The lowest BCUT2D eigenvalue weighted by Gasteiger charge is -2.20. The molecular weight excluding hydrogens is 286 g/mol. The minimum absolute atomic E-state index is 0.156. The molecule has 23 heavy (non-hydrogen) atoms. The molecule has 1 aromatic rings. The molecule has 0 heterocycles. The van der Waals surface area contributed by atoms with Gasteiger partial charge in [-0.15, -0.1) is 0 Å². The van der Waals surface area contributed by atoms with Crippen molar-refractivity contribution in [1.82, 2.24) is 10.6 Å². The van der Waals surface area contributed by atoms with Gasteiger partial charge in [0, 0.05) is 23.6 Å². The summed E-state index contributed by atoms with van der Waals surface area (Å²) in [6.45, 7) is 3.80. The Morgan fingerprint density at radius 1 is 1.26 bits per heavy atom. The lowest BCUT2D eigenvalue weighted by atomic mass is 9.95. The van der Waals surface area contributed by atoms with Crippen LogP contribution in [-0.2, 0) is 5.41 Å². The molecule has 0 spiro atoms. The second-order valence-corrected chi connectivity index (χ2v) is 6.46. The van der Waals surface area contributed by atoms with E-state index in [4.69, 9.17) is 9.73 Å². The van der Waals surface area contributed by atoms with Gasteiger partial charge >= 0.3 is 0 Å². The zero-order valence-corrected chi connectivity index (χ0v) is 14.1. The van der Waals surface area contributed by atoms with Crippen LogP contribution in [0.1, 0.15) is 38.2 Å². The Hall–Kier alpha value is -1.97. The Labute approximate surface area is 139 Å². The molecule has 2 aliphatic rings. The first-order chi connectivity index (χ1) is 11.3. The minimum Gasteiger partial charge on any atom is -0.496 e. The highest BCUT2D eigenvalue weighted by Crippen LogP contribution is 2.51. The van der Waals surface area contributed by atoms with E-state index in [-0.39, 0.29) is 5.41 Å². The normalized spacial score (nSPS) is 19.7. The van der Waals surface area contributed by atoms with Crippen molar-refractivity contribution in [1.29, 1.82) is 0 Å². The maximum absolute atomic E-state index is 5.55. The van der Waals surface area contributed by atoms with Crippen molar-refractivity contribution in [3.05, 3.63) is 42.0 Å². The summed E-state index contributed by atoms with van der Waals surface area (Å²) >= 11 is 0. The van der Waals surface area contributed by atoms with Gasteiger partial charge in [-0.3, -0.25) is 4.99 Å². The topological polar surface area (TPSA) is 45.7 Å². The number of nitrogens with one attached hydrogen (secondary N) is 2. The van der Waals surface area contributed by atoms with Crippen molar-refractivity contribution in [2.45, 2.75) is 44.1 Å². The van der Waals surface area contributed by atoms with Gasteiger partial charge in [-0.25, -0.2) is 0 Å². The Morgan fingerprint density at radius 3 is 2.65 bits per heavy atom. The van der Waals surface area contributed by atoms with Crippen LogP contribution in [-0.4, -0.2) is 32.2 Å². The molecule has 1 saturated carbocycles. The van der Waals surface area contributed by atoms with Crippen molar-refractivity contribution in [3.63, 3.8) is 0 Å². The van der Waals surface area contributed by atoms with Crippen molar-refractivity contribution in [3.8, 4) is 5.75 Å². The molecule has 0 unspecified atom stereocenters. The van der Waals surface area contributed by atoms with Crippen LogP contribution < -0.4 is 15.4 Å². The van der Waals surface area contributed by atoms with Crippen LogP contribution in [0.2, 0.25) is 0 Å². The maximum atomic E-state index is 5.55. The smallest absolute Gasteiger partial charge is 0.191 e. The fraction of sp³-hybridized carbons (Fsp3) is 0.526. The van der Waals surface area contributed by atoms with Crippen LogP contribution in [0.3, 0.4) is 0 Å². The number of methoxy groups -OCH3 is 1. The predicted molar refractivity (Wildman–Crippen MR) is 95.2 cm³/mol. The van der Waals surface area contributed by atoms with Gasteiger partial charge in [-0.1, -0.05) is 30.4 Å². The van der Waals surface area contributed by atoms with Gasteiger partial charge in [0.25, 0.3) is 0 Å². The van der Waals surface area contributed by atoms with Crippen molar-refractivity contribution in [2.24, 2.45) is 4.99 Å². The zero-order chi connectivity index (χ0) is 16.1. The number of ether oxygens (including phenoxy) is 1. The lowest BCUT2D eigenvalue weighted by Crippen LogP contribution is -2.42. The number of aliphatic imine (C=N–C) groups is 1. The second-order valence-electron chi connectivity index (χ2n) is 6.46. The van der Waals surface area contributed by atoms with E-state index < -0.39 is 0 Å². The predicted octanol–water partition coefficient (Wildman–Crippen LogP) is 3.00. The zero-order valence-electron chi connectivity index (χ0n) is 14.1. The van der Waals surface area contributed by atoms with Gasteiger partial charge in [0.2, 0.25) is 0 Å². The highest BCUT2D eigenvalue weighted by molar-refractivity contribution is 5.80. The standard InChI is InChI=1S/C19H27N3O/c1-3-20-18(22-15-8-4-5-9-15)21-14-19(12-13-19)16-10-6-7-11-17(16)23-2/h4-7,10-11,15H,3,8-9,12-14H2,1-2H3,(H2,20,21,22). The van der Waals surface area contributed by atoms with Gasteiger partial charge < -0.3 is 15.4 Å². The third-order valence-electron chi connectivity index (χ3n) is 4.76. The lowest BCUT2D eigenvalue weighted by molar-refractivity contribution is 0.404. The molecule has 4 heteroatoms. The number of rotatable bonds is 6. The van der Waals surface area contributed by atoms with Crippen molar-refractivity contribution >= 4 is 5.96 Å². The fourth-order valence-corrected chi connectivity index (χ4v) is 3.23. The number of guanidine groups is 1. The van der Waals surface area contributed by atoms with Crippen LogP contribution in [0.5, 0.6) is 5.75 Å². The third-order valence-corrected chi connectivity index (χ3v) is 4.76. The maximum Gasteiger partial charge on any atom is 0.191 e. The number of para-hydroxylation sites is 1. The number of benzene rings is 1.